The van der Waals surface area contributed by atoms with E-state index in [-0.39, 0.29) is 24.6 Å². The summed E-state index contributed by atoms with van der Waals surface area (Å²) >= 11 is 12.1. The highest BCUT2D eigenvalue weighted by Crippen LogP contribution is 2.23. The second-order valence-corrected chi connectivity index (χ2v) is 8.76. The van der Waals surface area contributed by atoms with Gasteiger partial charge in [0.1, 0.15) is 0 Å². The maximum Gasteiger partial charge on any atom is 0.315 e. The largest absolute Gasteiger partial charge is 0.374 e. The molecule has 1 fully saturated rings. The maximum atomic E-state index is 12.1. The van der Waals surface area contributed by atoms with Crippen LogP contribution in [0, 0.1) is 11.8 Å². The number of amides is 3. The number of carbonyl (C=O) groups is 2. The van der Waals surface area contributed by atoms with Crippen molar-refractivity contribution in [3.63, 3.8) is 0 Å². The van der Waals surface area contributed by atoms with Crippen LogP contribution in [0.4, 0.5) is 4.79 Å². The van der Waals surface area contributed by atoms with E-state index in [1.807, 2.05) is 36.4 Å². The summed E-state index contributed by atoms with van der Waals surface area (Å²) in [6.07, 6.45) is -0.0932. The van der Waals surface area contributed by atoms with Gasteiger partial charge in [-0.1, -0.05) is 53.2 Å². The Hall–Kier alpha value is -2.76. The SMILES string of the molecule is CC(=O)NCc1ccc(C#CCNC(=O)NC[C@H]2CN(Cc3ccc(Cl)c(Cl)c3)CCO2)cc1. The van der Waals surface area contributed by atoms with Crippen molar-refractivity contribution in [2.24, 2.45) is 0 Å². The quantitative estimate of drug-likeness (QED) is 0.507. The third-order valence-corrected chi connectivity index (χ3v) is 5.91. The molecule has 9 heteroatoms. The van der Waals surface area contributed by atoms with Crippen LogP contribution in [0.5, 0.6) is 0 Å². The summed E-state index contributed by atoms with van der Waals surface area (Å²) in [7, 11) is 0. The highest BCUT2D eigenvalue weighted by molar-refractivity contribution is 6.42. The van der Waals surface area contributed by atoms with Crippen molar-refractivity contribution in [3.8, 4) is 11.8 Å². The molecule has 3 N–H and O–H groups in total. The van der Waals surface area contributed by atoms with Crippen molar-refractivity contribution in [2.45, 2.75) is 26.1 Å². The normalized spacial score (nSPS) is 15.7. The van der Waals surface area contributed by atoms with E-state index in [0.29, 0.717) is 36.3 Å². The Balaban J connectivity index is 1.35. The molecule has 1 aliphatic heterocycles. The molecule has 3 rings (SSSR count). The Labute approximate surface area is 210 Å². The zero-order valence-corrected chi connectivity index (χ0v) is 20.5. The summed E-state index contributed by atoms with van der Waals surface area (Å²) in [6.45, 7) is 5.48. The number of ether oxygens (including phenoxy) is 1. The van der Waals surface area contributed by atoms with Crippen molar-refractivity contribution in [3.05, 3.63) is 69.2 Å². The van der Waals surface area contributed by atoms with Crippen LogP contribution in [-0.4, -0.2) is 55.7 Å². The number of benzene rings is 2. The third-order valence-electron chi connectivity index (χ3n) is 5.17. The van der Waals surface area contributed by atoms with Gasteiger partial charge in [0.2, 0.25) is 5.91 Å². The molecule has 2 aromatic rings. The number of urea groups is 1. The summed E-state index contributed by atoms with van der Waals surface area (Å²) in [5, 5.41) is 9.41. The van der Waals surface area contributed by atoms with Gasteiger partial charge in [0.15, 0.2) is 0 Å². The topological polar surface area (TPSA) is 82.7 Å². The molecular formula is C25H28Cl2N4O3. The summed E-state index contributed by atoms with van der Waals surface area (Å²) in [6, 6.07) is 12.9. The van der Waals surface area contributed by atoms with E-state index in [9.17, 15) is 9.59 Å². The minimum atomic E-state index is -0.287. The van der Waals surface area contributed by atoms with E-state index in [2.05, 4.69) is 32.7 Å². The highest BCUT2D eigenvalue weighted by atomic mass is 35.5. The zero-order valence-electron chi connectivity index (χ0n) is 19.0. The Bertz CT molecular complexity index is 1050. The van der Waals surface area contributed by atoms with Gasteiger partial charge in [0.05, 0.1) is 29.3 Å². The molecule has 1 heterocycles. The first-order chi connectivity index (χ1) is 16.4. The highest BCUT2D eigenvalue weighted by Gasteiger charge is 2.21. The van der Waals surface area contributed by atoms with Crippen LogP contribution in [-0.2, 0) is 22.6 Å². The molecule has 0 unspecified atom stereocenters. The predicted molar refractivity (Wildman–Crippen MR) is 134 cm³/mol. The van der Waals surface area contributed by atoms with Gasteiger partial charge in [-0.05, 0) is 35.4 Å². The van der Waals surface area contributed by atoms with E-state index < -0.39 is 0 Å². The Kier molecular flexibility index (Phi) is 10.0. The average molecular weight is 503 g/mol. The standard InChI is InChI=1S/C25H28Cl2N4O3/c1-18(32)29-14-20-6-4-19(5-7-20)3-2-10-28-25(33)30-15-22-17-31(11-12-34-22)16-21-8-9-23(26)24(27)13-21/h4-9,13,22H,10-12,14-17H2,1H3,(H,29,32)(H2,28,30,33)/t22-/m0/s1. The Morgan fingerprint density at radius 1 is 1.06 bits per heavy atom. The molecule has 7 nitrogen and oxygen atoms in total. The molecule has 34 heavy (non-hydrogen) atoms. The lowest BCUT2D eigenvalue weighted by atomic mass is 10.1. The summed E-state index contributed by atoms with van der Waals surface area (Å²) < 4.78 is 5.78. The van der Waals surface area contributed by atoms with Gasteiger partial charge >= 0.3 is 6.03 Å². The number of carbonyl (C=O) groups excluding carboxylic acids is 2. The van der Waals surface area contributed by atoms with Gasteiger partial charge in [0.25, 0.3) is 0 Å². The van der Waals surface area contributed by atoms with Gasteiger partial charge < -0.3 is 20.7 Å². The number of hydrogen-bond acceptors (Lipinski definition) is 4. The van der Waals surface area contributed by atoms with Gasteiger partial charge in [-0.2, -0.15) is 0 Å². The molecule has 1 atom stereocenters. The predicted octanol–water partition coefficient (Wildman–Crippen LogP) is 3.18. The fourth-order valence-corrected chi connectivity index (χ4v) is 3.74. The first kappa shape index (κ1) is 25.9. The van der Waals surface area contributed by atoms with Crippen molar-refractivity contribution in [1.29, 1.82) is 0 Å². The first-order valence-electron chi connectivity index (χ1n) is 11.0. The first-order valence-corrected chi connectivity index (χ1v) is 11.8. The zero-order chi connectivity index (χ0) is 24.3. The third kappa shape index (κ3) is 8.88. The van der Waals surface area contributed by atoms with Crippen LogP contribution in [0.1, 0.15) is 23.6 Å². The molecule has 2 aromatic carbocycles. The molecule has 0 radical (unpaired) electrons. The van der Waals surface area contributed by atoms with Crippen molar-refractivity contribution in [2.75, 3.05) is 32.8 Å². The van der Waals surface area contributed by atoms with Crippen LogP contribution in [0.25, 0.3) is 0 Å². The summed E-state index contributed by atoms with van der Waals surface area (Å²) in [5.41, 5.74) is 2.92. The van der Waals surface area contributed by atoms with E-state index >= 15 is 0 Å². The van der Waals surface area contributed by atoms with Gasteiger partial charge in [-0.3, -0.25) is 9.69 Å². The van der Waals surface area contributed by atoms with E-state index in [4.69, 9.17) is 27.9 Å². The van der Waals surface area contributed by atoms with Crippen molar-refractivity contribution >= 4 is 35.1 Å². The minimum Gasteiger partial charge on any atom is -0.374 e. The molecule has 3 amide bonds. The molecule has 0 saturated carbocycles. The second kappa shape index (κ2) is 13.2. The molecule has 0 spiro atoms. The van der Waals surface area contributed by atoms with Gasteiger partial charge in [-0.15, -0.1) is 0 Å². The summed E-state index contributed by atoms with van der Waals surface area (Å²) in [5.74, 6) is 5.87. The van der Waals surface area contributed by atoms with E-state index in [0.717, 1.165) is 29.8 Å². The number of rotatable bonds is 7. The van der Waals surface area contributed by atoms with Crippen LogP contribution in [0.2, 0.25) is 10.0 Å². The lowest BCUT2D eigenvalue weighted by molar-refractivity contribution is -0.119. The van der Waals surface area contributed by atoms with Crippen molar-refractivity contribution in [1.82, 2.24) is 20.9 Å². The Morgan fingerprint density at radius 2 is 1.82 bits per heavy atom. The number of hydrogen-bond donors (Lipinski definition) is 3. The summed E-state index contributed by atoms with van der Waals surface area (Å²) in [4.78, 5) is 25.3. The number of halogens is 2. The monoisotopic (exact) mass is 502 g/mol. The van der Waals surface area contributed by atoms with Gasteiger partial charge in [-0.25, -0.2) is 4.79 Å². The van der Waals surface area contributed by atoms with Crippen LogP contribution in [0.15, 0.2) is 42.5 Å². The fourth-order valence-electron chi connectivity index (χ4n) is 3.42. The molecule has 0 bridgehead atoms. The van der Waals surface area contributed by atoms with Crippen LogP contribution >= 0.6 is 23.2 Å². The number of nitrogens with one attached hydrogen (secondary N) is 3. The smallest absolute Gasteiger partial charge is 0.315 e. The second-order valence-electron chi connectivity index (χ2n) is 7.95. The number of nitrogens with zero attached hydrogens (tertiary/aromatic N) is 1. The number of morpholine rings is 1. The van der Waals surface area contributed by atoms with Crippen molar-refractivity contribution < 1.29 is 14.3 Å². The molecule has 0 aromatic heterocycles. The molecule has 0 aliphatic carbocycles. The minimum absolute atomic E-state index is 0.0658. The molecule has 1 aliphatic rings. The molecule has 1 saturated heterocycles. The van der Waals surface area contributed by atoms with Gasteiger partial charge in [0, 0.05) is 45.2 Å². The fraction of sp³-hybridized carbons (Fsp3) is 0.360. The molecular weight excluding hydrogens is 475 g/mol. The average Bonchev–Trinajstić information content (AvgIpc) is 2.82. The lowest BCUT2D eigenvalue weighted by Gasteiger charge is -2.33. The van der Waals surface area contributed by atoms with E-state index in [1.165, 1.54) is 6.92 Å². The van der Waals surface area contributed by atoms with E-state index in [1.54, 1.807) is 6.07 Å². The maximum absolute atomic E-state index is 12.1. The van der Waals surface area contributed by atoms with Crippen LogP contribution in [0.3, 0.4) is 0 Å². The molecule has 180 valence electrons. The lowest BCUT2D eigenvalue weighted by Crippen LogP contribution is -2.48. The Morgan fingerprint density at radius 3 is 2.56 bits per heavy atom. The van der Waals surface area contributed by atoms with Crippen LogP contribution < -0.4 is 16.0 Å².